The molecule has 1 unspecified atom stereocenters. The standard InChI is InChI=1S/C25H29N/c1-7-11-18-24(14-9-3)26-22(6)20-19-21(5)16-12-17-23(13-8-2)25(26)15-10-4/h7-16,18-21H,1-4,6,17H2,5H3/b16-12-,18-11-,20-19-,23-13-,24-14+,25-15+. The lowest BCUT2D eigenvalue weighted by atomic mass is 10.0. The van der Waals surface area contributed by atoms with E-state index < -0.39 is 0 Å². The van der Waals surface area contributed by atoms with Crippen molar-refractivity contribution in [3.63, 3.8) is 0 Å². The molecule has 0 amide bonds. The molecule has 0 N–H and O–H groups in total. The Morgan fingerprint density at radius 3 is 2.38 bits per heavy atom. The number of hydrogen-bond acceptors (Lipinski definition) is 1. The fourth-order valence-corrected chi connectivity index (χ4v) is 2.60. The highest BCUT2D eigenvalue weighted by molar-refractivity contribution is 5.46. The summed E-state index contributed by atoms with van der Waals surface area (Å²) < 4.78 is 0. The van der Waals surface area contributed by atoms with Gasteiger partial charge in [0.2, 0.25) is 0 Å². The normalized spacial score (nSPS) is 24.5. The summed E-state index contributed by atoms with van der Waals surface area (Å²) in [7, 11) is 0. The average Bonchev–Trinajstić information content (AvgIpc) is 2.62. The van der Waals surface area contributed by atoms with E-state index in [-0.39, 0.29) is 0 Å². The lowest BCUT2D eigenvalue weighted by Gasteiger charge is -2.31. The molecule has 1 heteroatoms. The fraction of sp³-hybridized carbons (Fsp3) is 0.120. The molecular formula is C25H29N. The van der Waals surface area contributed by atoms with Gasteiger partial charge >= 0.3 is 0 Å². The lowest BCUT2D eigenvalue weighted by molar-refractivity contribution is 0.567. The van der Waals surface area contributed by atoms with E-state index in [1.807, 2.05) is 42.5 Å². The zero-order valence-electron chi connectivity index (χ0n) is 15.8. The highest BCUT2D eigenvalue weighted by Gasteiger charge is 2.18. The molecule has 0 aromatic carbocycles. The molecule has 0 spiro atoms. The zero-order chi connectivity index (χ0) is 19.4. The Balaban J connectivity index is 3.68. The molecule has 0 saturated heterocycles. The molecule has 1 heterocycles. The summed E-state index contributed by atoms with van der Waals surface area (Å²) in [6.07, 6.45) is 26.3. The van der Waals surface area contributed by atoms with Gasteiger partial charge in [-0.25, -0.2) is 0 Å². The van der Waals surface area contributed by atoms with Crippen molar-refractivity contribution in [3.05, 3.63) is 135 Å². The molecule has 134 valence electrons. The highest BCUT2D eigenvalue weighted by atomic mass is 15.2. The minimum Gasteiger partial charge on any atom is -0.311 e. The van der Waals surface area contributed by atoms with Gasteiger partial charge in [0.25, 0.3) is 0 Å². The van der Waals surface area contributed by atoms with Crippen LogP contribution in [0.4, 0.5) is 0 Å². The summed E-state index contributed by atoms with van der Waals surface area (Å²) in [4.78, 5) is 2.10. The molecule has 0 fully saturated rings. The molecule has 1 aliphatic rings. The molecule has 0 saturated carbocycles. The Labute approximate surface area is 159 Å². The van der Waals surface area contributed by atoms with Crippen LogP contribution in [0.15, 0.2) is 135 Å². The molecule has 26 heavy (non-hydrogen) atoms. The molecule has 0 radical (unpaired) electrons. The van der Waals surface area contributed by atoms with E-state index in [9.17, 15) is 0 Å². The van der Waals surface area contributed by atoms with Crippen LogP contribution in [0.25, 0.3) is 0 Å². The Morgan fingerprint density at radius 2 is 1.77 bits per heavy atom. The molecule has 0 aromatic heterocycles. The van der Waals surface area contributed by atoms with E-state index in [4.69, 9.17) is 0 Å². The number of rotatable bonds is 6. The van der Waals surface area contributed by atoms with Crippen molar-refractivity contribution in [1.82, 2.24) is 4.90 Å². The zero-order valence-corrected chi connectivity index (χ0v) is 15.8. The molecule has 1 nitrogen and oxygen atoms in total. The van der Waals surface area contributed by atoms with Gasteiger partial charge in [-0.3, -0.25) is 0 Å². The van der Waals surface area contributed by atoms with Crippen LogP contribution in [0, 0.1) is 5.92 Å². The van der Waals surface area contributed by atoms with E-state index >= 15 is 0 Å². The molecule has 1 rings (SSSR count). The topological polar surface area (TPSA) is 3.24 Å². The molecule has 0 aromatic rings. The lowest BCUT2D eigenvalue weighted by Crippen LogP contribution is -2.21. The average molecular weight is 344 g/mol. The number of nitrogens with zero attached hydrogens (tertiary/aromatic N) is 1. The maximum atomic E-state index is 4.29. The van der Waals surface area contributed by atoms with Gasteiger partial charge in [-0.1, -0.05) is 94.5 Å². The maximum absolute atomic E-state index is 4.29. The smallest absolute Gasteiger partial charge is 0.0496 e. The van der Waals surface area contributed by atoms with Crippen molar-refractivity contribution in [2.75, 3.05) is 0 Å². The first kappa shape index (κ1) is 21.0. The number of hydrogen-bond donors (Lipinski definition) is 0. The van der Waals surface area contributed by atoms with Gasteiger partial charge in [0.05, 0.1) is 0 Å². The Kier molecular flexibility index (Phi) is 9.27. The predicted octanol–water partition coefficient (Wildman–Crippen LogP) is 6.95. The second-order valence-corrected chi connectivity index (χ2v) is 5.81. The second-order valence-electron chi connectivity index (χ2n) is 5.81. The summed E-state index contributed by atoms with van der Waals surface area (Å²) in [5.41, 5.74) is 3.92. The monoisotopic (exact) mass is 343 g/mol. The Morgan fingerprint density at radius 1 is 1.04 bits per heavy atom. The highest BCUT2D eigenvalue weighted by Crippen LogP contribution is 2.30. The Hall–Kier alpha value is -3.06. The van der Waals surface area contributed by atoms with Crippen LogP contribution in [0.2, 0.25) is 0 Å². The van der Waals surface area contributed by atoms with Crippen LogP contribution in [-0.4, -0.2) is 4.90 Å². The largest absolute Gasteiger partial charge is 0.311 e. The van der Waals surface area contributed by atoms with E-state index in [0.717, 1.165) is 29.1 Å². The van der Waals surface area contributed by atoms with Gasteiger partial charge in [-0.15, -0.1) is 0 Å². The van der Waals surface area contributed by atoms with Crippen molar-refractivity contribution in [3.8, 4) is 0 Å². The predicted molar refractivity (Wildman–Crippen MR) is 117 cm³/mol. The Bertz CT molecular complexity index is 732. The first-order chi connectivity index (χ1) is 12.6. The van der Waals surface area contributed by atoms with E-state index in [1.165, 1.54) is 0 Å². The van der Waals surface area contributed by atoms with Gasteiger partial charge < -0.3 is 4.90 Å². The molecule has 1 aliphatic heterocycles. The molecule has 0 aliphatic carbocycles. The third-order valence-corrected chi connectivity index (χ3v) is 3.77. The molecular weight excluding hydrogens is 314 g/mol. The summed E-state index contributed by atoms with van der Waals surface area (Å²) in [5, 5.41) is 0. The van der Waals surface area contributed by atoms with E-state index in [2.05, 4.69) is 62.9 Å². The summed E-state index contributed by atoms with van der Waals surface area (Å²) in [6, 6.07) is 0. The minimum atomic E-state index is 0.332. The fourth-order valence-electron chi connectivity index (χ4n) is 2.60. The quantitative estimate of drug-likeness (QED) is 0.372. The van der Waals surface area contributed by atoms with Crippen LogP contribution in [0.5, 0.6) is 0 Å². The summed E-state index contributed by atoms with van der Waals surface area (Å²) >= 11 is 0. The minimum absolute atomic E-state index is 0.332. The molecule has 1 atom stereocenters. The first-order valence-corrected chi connectivity index (χ1v) is 8.69. The van der Waals surface area contributed by atoms with Crippen LogP contribution in [0.3, 0.4) is 0 Å². The van der Waals surface area contributed by atoms with Crippen LogP contribution < -0.4 is 0 Å². The van der Waals surface area contributed by atoms with E-state index in [1.54, 1.807) is 18.2 Å². The molecule has 0 bridgehead atoms. The van der Waals surface area contributed by atoms with Crippen molar-refractivity contribution in [2.45, 2.75) is 13.3 Å². The van der Waals surface area contributed by atoms with Crippen molar-refractivity contribution < 1.29 is 0 Å². The van der Waals surface area contributed by atoms with Crippen LogP contribution in [-0.2, 0) is 0 Å². The van der Waals surface area contributed by atoms with Crippen molar-refractivity contribution >= 4 is 0 Å². The van der Waals surface area contributed by atoms with Crippen molar-refractivity contribution in [2.24, 2.45) is 5.92 Å². The second kappa shape index (κ2) is 11.5. The summed E-state index contributed by atoms with van der Waals surface area (Å²) in [6.45, 7) is 21.8. The van der Waals surface area contributed by atoms with Gasteiger partial charge in [0.15, 0.2) is 0 Å². The maximum Gasteiger partial charge on any atom is 0.0496 e. The third kappa shape index (κ3) is 6.10. The number of allylic oxidation sites excluding steroid dienone is 14. The van der Waals surface area contributed by atoms with Crippen LogP contribution in [0.1, 0.15) is 13.3 Å². The van der Waals surface area contributed by atoms with Gasteiger partial charge in [-0.2, -0.15) is 0 Å². The van der Waals surface area contributed by atoms with E-state index in [0.29, 0.717) is 5.92 Å². The van der Waals surface area contributed by atoms with Gasteiger partial charge in [0, 0.05) is 17.1 Å². The SMILES string of the molecule is C=C/C=C\C(=C/C=C)N1C(=C)/C=C\C(C)/C=C\CC(=C/C=C)/C1=C\C=C. The van der Waals surface area contributed by atoms with Gasteiger partial charge in [-0.05, 0) is 42.2 Å². The van der Waals surface area contributed by atoms with Gasteiger partial charge in [0.1, 0.15) is 0 Å². The van der Waals surface area contributed by atoms with Crippen molar-refractivity contribution in [1.29, 1.82) is 0 Å². The van der Waals surface area contributed by atoms with Crippen LogP contribution >= 0.6 is 0 Å². The third-order valence-electron chi connectivity index (χ3n) is 3.77. The first-order valence-electron chi connectivity index (χ1n) is 8.69. The summed E-state index contributed by atoms with van der Waals surface area (Å²) in [5.74, 6) is 0.332.